The summed E-state index contributed by atoms with van der Waals surface area (Å²) in [5, 5.41) is 0. The van der Waals surface area contributed by atoms with Crippen LogP contribution in [-0.2, 0) is 17.0 Å². The Bertz CT molecular complexity index is 671. The van der Waals surface area contributed by atoms with Gasteiger partial charge in [-0.15, -0.1) is 11.8 Å². The molecule has 0 bridgehead atoms. The normalized spacial score (nSPS) is 16.6. The maximum absolute atomic E-state index is 12.6. The quantitative estimate of drug-likeness (QED) is 0.774. The molecule has 1 aliphatic rings. The van der Waals surface area contributed by atoms with Crippen molar-refractivity contribution in [3.63, 3.8) is 0 Å². The lowest BCUT2D eigenvalue weighted by Gasteiger charge is -2.22. The van der Waals surface area contributed by atoms with Crippen molar-refractivity contribution in [2.75, 3.05) is 10.7 Å². The SMILES string of the molecule is CC1Cc2ccccc2N1C(=O)CSCc1ccc(Br)cc1. The molecule has 1 amide bonds. The van der Waals surface area contributed by atoms with Crippen molar-refractivity contribution in [3.8, 4) is 0 Å². The molecule has 114 valence electrons. The third-order valence-corrected chi connectivity index (χ3v) is 5.40. The number of benzene rings is 2. The number of para-hydroxylation sites is 1. The summed E-state index contributed by atoms with van der Waals surface area (Å²) < 4.78 is 1.08. The zero-order valence-corrected chi connectivity index (χ0v) is 14.9. The zero-order chi connectivity index (χ0) is 15.5. The van der Waals surface area contributed by atoms with Gasteiger partial charge in [0.25, 0.3) is 0 Å². The van der Waals surface area contributed by atoms with Gasteiger partial charge < -0.3 is 4.90 Å². The van der Waals surface area contributed by atoms with Crippen molar-refractivity contribution in [2.24, 2.45) is 0 Å². The third-order valence-electron chi connectivity index (χ3n) is 3.88. The van der Waals surface area contributed by atoms with Crippen LogP contribution in [0.1, 0.15) is 18.1 Å². The van der Waals surface area contributed by atoms with Gasteiger partial charge in [0.1, 0.15) is 0 Å². The number of nitrogens with zero attached hydrogens (tertiary/aromatic N) is 1. The van der Waals surface area contributed by atoms with Gasteiger partial charge in [0.05, 0.1) is 5.75 Å². The first-order valence-corrected chi connectivity index (χ1v) is 9.32. The summed E-state index contributed by atoms with van der Waals surface area (Å²) in [6.45, 7) is 2.12. The van der Waals surface area contributed by atoms with Gasteiger partial charge in [-0.25, -0.2) is 0 Å². The molecule has 2 aromatic rings. The van der Waals surface area contributed by atoms with Gasteiger partial charge in [0.2, 0.25) is 5.91 Å². The molecule has 0 spiro atoms. The Morgan fingerprint density at radius 3 is 2.73 bits per heavy atom. The average Bonchev–Trinajstić information content (AvgIpc) is 2.85. The average molecular weight is 376 g/mol. The molecule has 3 rings (SSSR count). The number of fused-ring (bicyclic) bond motifs is 1. The highest BCUT2D eigenvalue weighted by Crippen LogP contribution is 2.32. The van der Waals surface area contributed by atoms with E-state index >= 15 is 0 Å². The molecule has 0 radical (unpaired) electrons. The largest absolute Gasteiger partial charge is 0.308 e. The second-order valence-electron chi connectivity index (χ2n) is 5.56. The molecule has 1 aliphatic heterocycles. The molecule has 0 aromatic heterocycles. The first-order valence-electron chi connectivity index (χ1n) is 7.37. The third kappa shape index (κ3) is 3.39. The topological polar surface area (TPSA) is 20.3 Å². The van der Waals surface area contributed by atoms with Crippen LogP contribution in [0.5, 0.6) is 0 Å². The van der Waals surface area contributed by atoms with E-state index in [-0.39, 0.29) is 11.9 Å². The molecule has 0 aliphatic carbocycles. The molecule has 0 N–H and O–H groups in total. The van der Waals surface area contributed by atoms with Crippen LogP contribution in [0.15, 0.2) is 53.0 Å². The van der Waals surface area contributed by atoms with Crippen LogP contribution in [0.2, 0.25) is 0 Å². The summed E-state index contributed by atoms with van der Waals surface area (Å²) in [5.41, 5.74) is 3.61. The van der Waals surface area contributed by atoms with E-state index in [1.54, 1.807) is 11.8 Å². The van der Waals surface area contributed by atoms with E-state index in [0.29, 0.717) is 5.75 Å². The molecule has 1 unspecified atom stereocenters. The molecular formula is C18H18BrNOS. The van der Waals surface area contributed by atoms with Crippen molar-refractivity contribution >= 4 is 39.3 Å². The maximum Gasteiger partial charge on any atom is 0.237 e. The van der Waals surface area contributed by atoms with E-state index < -0.39 is 0 Å². The van der Waals surface area contributed by atoms with E-state index in [4.69, 9.17) is 0 Å². The Hall–Kier alpha value is -1.26. The minimum Gasteiger partial charge on any atom is -0.308 e. The number of amides is 1. The summed E-state index contributed by atoms with van der Waals surface area (Å²) >= 11 is 5.11. The second-order valence-corrected chi connectivity index (χ2v) is 7.47. The lowest BCUT2D eigenvalue weighted by atomic mass is 10.1. The Balaban J connectivity index is 1.59. The first kappa shape index (κ1) is 15.6. The number of hydrogen-bond acceptors (Lipinski definition) is 2. The molecule has 4 heteroatoms. The molecule has 0 fully saturated rings. The number of thioether (sulfide) groups is 1. The van der Waals surface area contributed by atoms with Crippen LogP contribution >= 0.6 is 27.7 Å². The molecule has 2 aromatic carbocycles. The summed E-state index contributed by atoms with van der Waals surface area (Å²) in [6, 6.07) is 16.7. The second kappa shape index (κ2) is 6.88. The van der Waals surface area contributed by atoms with Crippen molar-refractivity contribution in [3.05, 3.63) is 64.1 Å². The van der Waals surface area contributed by atoms with E-state index in [2.05, 4.69) is 47.1 Å². The fourth-order valence-corrected chi connectivity index (χ4v) is 3.96. The number of rotatable bonds is 4. The maximum atomic E-state index is 12.6. The first-order chi connectivity index (χ1) is 10.6. The van der Waals surface area contributed by atoms with Crippen LogP contribution in [0, 0.1) is 0 Å². The smallest absolute Gasteiger partial charge is 0.237 e. The van der Waals surface area contributed by atoms with Gasteiger partial charge >= 0.3 is 0 Å². The van der Waals surface area contributed by atoms with E-state index in [0.717, 1.165) is 22.3 Å². The van der Waals surface area contributed by atoms with Crippen LogP contribution in [-0.4, -0.2) is 17.7 Å². The lowest BCUT2D eigenvalue weighted by molar-refractivity contribution is -0.116. The van der Waals surface area contributed by atoms with E-state index in [9.17, 15) is 4.79 Å². The molecule has 0 saturated heterocycles. The highest BCUT2D eigenvalue weighted by Gasteiger charge is 2.29. The van der Waals surface area contributed by atoms with Crippen LogP contribution in [0.3, 0.4) is 0 Å². The fraction of sp³-hybridized carbons (Fsp3) is 0.278. The van der Waals surface area contributed by atoms with Crippen LogP contribution in [0.25, 0.3) is 0 Å². The van der Waals surface area contributed by atoms with Gasteiger partial charge in [0, 0.05) is 22.0 Å². The van der Waals surface area contributed by atoms with Crippen molar-refractivity contribution in [2.45, 2.75) is 25.1 Å². The van der Waals surface area contributed by atoms with Crippen LogP contribution < -0.4 is 4.90 Å². The minimum atomic E-state index is 0.208. The summed E-state index contributed by atoms with van der Waals surface area (Å²) in [5.74, 6) is 1.59. The summed E-state index contributed by atoms with van der Waals surface area (Å²) in [7, 11) is 0. The molecule has 22 heavy (non-hydrogen) atoms. The monoisotopic (exact) mass is 375 g/mol. The zero-order valence-electron chi connectivity index (χ0n) is 12.5. The Morgan fingerprint density at radius 2 is 1.95 bits per heavy atom. The minimum absolute atomic E-state index is 0.208. The molecule has 1 heterocycles. The van der Waals surface area contributed by atoms with E-state index in [1.807, 2.05) is 29.2 Å². The van der Waals surface area contributed by atoms with Gasteiger partial charge in [0.15, 0.2) is 0 Å². The predicted octanol–water partition coefficient (Wildman–Crippen LogP) is 4.66. The van der Waals surface area contributed by atoms with Gasteiger partial charge in [-0.05, 0) is 42.7 Å². The number of anilines is 1. The Kier molecular flexibility index (Phi) is 4.89. The summed E-state index contributed by atoms with van der Waals surface area (Å²) in [4.78, 5) is 14.5. The molecule has 1 atom stereocenters. The molecular weight excluding hydrogens is 358 g/mol. The Labute approximate surface area is 144 Å². The molecule has 0 saturated carbocycles. The van der Waals surface area contributed by atoms with Crippen LogP contribution in [0.4, 0.5) is 5.69 Å². The van der Waals surface area contributed by atoms with Gasteiger partial charge in [-0.3, -0.25) is 4.79 Å². The van der Waals surface area contributed by atoms with Crippen molar-refractivity contribution in [1.82, 2.24) is 0 Å². The van der Waals surface area contributed by atoms with Gasteiger partial charge in [-0.2, -0.15) is 0 Å². The highest BCUT2D eigenvalue weighted by molar-refractivity contribution is 9.10. The lowest BCUT2D eigenvalue weighted by Crippen LogP contribution is -2.37. The fourth-order valence-electron chi connectivity index (χ4n) is 2.85. The van der Waals surface area contributed by atoms with Crippen molar-refractivity contribution in [1.29, 1.82) is 0 Å². The number of hydrogen-bond donors (Lipinski definition) is 0. The summed E-state index contributed by atoms with van der Waals surface area (Å²) in [6.07, 6.45) is 0.958. The van der Waals surface area contributed by atoms with E-state index in [1.165, 1.54) is 11.1 Å². The standard InChI is InChI=1S/C18H18BrNOS/c1-13-10-15-4-2-3-5-17(15)20(13)18(21)12-22-11-14-6-8-16(19)9-7-14/h2-9,13H,10-12H2,1H3. The van der Waals surface area contributed by atoms with Crippen molar-refractivity contribution < 1.29 is 4.79 Å². The highest BCUT2D eigenvalue weighted by atomic mass is 79.9. The van der Waals surface area contributed by atoms with Gasteiger partial charge in [-0.1, -0.05) is 46.3 Å². The molecule has 2 nitrogen and oxygen atoms in total. The predicted molar refractivity (Wildman–Crippen MR) is 97.4 cm³/mol. The number of halogens is 1. The number of carbonyl (C=O) groups excluding carboxylic acids is 1. The Morgan fingerprint density at radius 1 is 1.23 bits per heavy atom. The number of carbonyl (C=O) groups is 1.